The maximum absolute atomic E-state index is 14.0. The molecule has 0 radical (unpaired) electrons. The van der Waals surface area contributed by atoms with Gasteiger partial charge in [-0.2, -0.15) is 5.06 Å². The molecule has 8 atom stereocenters. The largest absolute Gasteiger partial charge is 0.394 e. The van der Waals surface area contributed by atoms with E-state index < -0.39 is 24.2 Å². The topological polar surface area (TPSA) is 124 Å². The first-order valence-corrected chi connectivity index (χ1v) is 15.6. The lowest BCUT2D eigenvalue weighted by Crippen LogP contribution is -2.62. The number of carbonyl (C=O) groups excluding carboxylic acids is 2. The van der Waals surface area contributed by atoms with Crippen molar-refractivity contribution in [2.45, 2.75) is 71.4 Å². The van der Waals surface area contributed by atoms with Crippen LogP contribution in [0.15, 0.2) is 42.5 Å². The van der Waals surface area contributed by atoms with Gasteiger partial charge in [-0.05, 0) is 83.9 Å². The van der Waals surface area contributed by atoms with Crippen LogP contribution in [-0.4, -0.2) is 79.2 Å². The number of rotatable bonds is 10. The number of carbonyl (C=O) groups is 2. The molecule has 6 rings (SSSR count). The highest BCUT2D eigenvalue weighted by atomic mass is 16.7. The van der Waals surface area contributed by atoms with E-state index in [-0.39, 0.29) is 31.0 Å². The minimum absolute atomic E-state index is 0.0701. The smallest absolute Gasteiger partial charge is 0.274 e. The first-order chi connectivity index (χ1) is 20.8. The summed E-state index contributed by atoms with van der Waals surface area (Å²) in [7, 11) is 5.23. The van der Waals surface area contributed by atoms with Crippen molar-refractivity contribution < 1.29 is 29.5 Å². The molecule has 3 saturated carbocycles. The summed E-state index contributed by atoms with van der Waals surface area (Å²) >= 11 is 0. The monoisotopic (exact) mass is 608 g/mol. The molecule has 4 N–H and O–H groups in total. The SMILES string of the molecule is CONC(=O)c1cc(-c2cccc(CN3O[C@@H](CO)[C@@H]([C@H](C)O)[C@H]3C(=O)N[C@H]3C[C@H]4C[C@@H]([C@@H]3C)C4(C)C)c2)cc(N(C)C)c1. The molecule has 0 unspecified atom stereocenters. The van der Waals surface area contributed by atoms with Crippen LogP contribution in [0.1, 0.15) is 56.5 Å². The molecule has 4 aliphatic rings. The van der Waals surface area contributed by atoms with Crippen molar-refractivity contribution in [1.82, 2.24) is 15.9 Å². The zero-order chi connectivity index (χ0) is 31.9. The van der Waals surface area contributed by atoms with E-state index in [0.29, 0.717) is 28.7 Å². The quantitative estimate of drug-likeness (QED) is 0.303. The number of amides is 2. The zero-order valence-electron chi connectivity index (χ0n) is 26.9. The highest BCUT2D eigenvalue weighted by molar-refractivity contribution is 5.96. The Balaban J connectivity index is 1.40. The number of nitrogens with zero attached hydrogens (tertiary/aromatic N) is 2. The number of aliphatic hydroxyl groups is 2. The highest BCUT2D eigenvalue weighted by Crippen LogP contribution is 2.61. The van der Waals surface area contributed by atoms with Crippen LogP contribution in [0.25, 0.3) is 11.1 Å². The van der Waals surface area contributed by atoms with Gasteiger partial charge in [-0.3, -0.25) is 19.3 Å². The van der Waals surface area contributed by atoms with E-state index in [1.165, 1.54) is 13.5 Å². The molecule has 2 aromatic carbocycles. The van der Waals surface area contributed by atoms with Gasteiger partial charge in [0.25, 0.3) is 5.91 Å². The minimum Gasteiger partial charge on any atom is -0.394 e. The van der Waals surface area contributed by atoms with Crippen LogP contribution in [0, 0.1) is 29.1 Å². The average Bonchev–Trinajstić information content (AvgIpc) is 3.36. The zero-order valence-corrected chi connectivity index (χ0v) is 26.9. The van der Waals surface area contributed by atoms with Crippen LogP contribution >= 0.6 is 0 Å². The molecule has 4 fully saturated rings. The van der Waals surface area contributed by atoms with Gasteiger partial charge in [0, 0.05) is 37.3 Å². The summed E-state index contributed by atoms with van der Waals surface area (Å²) in [4.78, 5) is 39.5. The second kappa shape index (κ2) is 12.8. The Morgan fingerprint density at radius 3 is 2.52 bits per heavy atom. The number of hydrogen-bond donors (Lipinski definition) is 4. The van der Waals surface area contributed by atoms with Crippen LogP contribution in [0.2, 0.25) is 0 Å². The molecule has 1 heterocycles. The summed E-state index contributed by atoms with van der Waals surface area (Å²) in [6.07, 6.45) is 0.601. The molecule has 2 bridgehead atoms. The number of benzene rings is 2. The molecule has 10 nitrogen and oxygen atoms in total. The maximum Gasteiger partial charge on any atom is 0.274 e. The number of aliphatic hydroxyl groups excluding tert-OH is 2. The number of nitrogens with one attached hydrogen (secondary N) is 2. The molecule has 44 heavy (non-hydrogen) atoms. The Morgan fingerprint density at radius 1 is 1.16 bits per heavy atom. The molecule has 2 amide bonds. The number of hydroxylamine groups is 3. The van der Waals surface area contributed by atoms with E-state index in [0.717, 1.165) is 28.8 Å². The first-order valence-electron chi connectivity index (χ1n) is 15.6. The second-order valence-electron chi connectivity index (χ2n) is 13.7. The van der Waals surface area contributed by atoms with Gasteiger partial charge in [-0.15, -0.1) is 0 Å². The molecule has 10 heteroatoms. The lowest BCUT2D eigenvalue weighted by molar-refractivity contribution is -0.183. The molecule has 0 aromatic heterocycles. The fourth-order valence-electron chi connectivity index (χ4n) is 7.83. The van der Waals surface area contributed by atoms with Crippen LogP contribution < -0.4 is 15.7 Å². The van der Waals surface area contributed by atoms with Crippen LogP contribution in [-0.2, 0) is 21.0 Å². The van der Waals surface area contributed by atoms with Crippen LogP contribution in [0.4, 0.5) is 5.69 Å². The highest BCUT2D eigenvalue weighted by Gasteiger charge is 2.57. The van der Waals surface area contributed by atoms with E-state index in [4.69, 9.17) is 9.68 Å². The van der Waals surface area contributed by atoms with E-state index in [1.807, 2.05) is 55.4 Å². The Labute approximate surface area is 260 Å². The normalized spacial score (nSPS) is 29.9. The number of hydrogen-bond acceptors (Lipinski definition) is 8. The summed E-state index contributed by atoms with van der Waals surface area (Å²) in [5.74, 6) is 0.421. The van der Waals surface area contributed by atoms with Gasteiger partial charge >= 0.3 is 0 Å². The van der Waals surface area contributed by atoms with Crippen LogP contribution in [0.5, 0.6) is 0 Å². The summed E-state index contributed by atoms with van der Waals surface area (Å²) in [6.45, 7) is 8.52. The third-order valence-electron chi connectivity index (χ3n) is 10.6. The molecule has 0 spiro atoms. The Hall–Kier alpha value is -3.02. The van der Waals surface area contributed by atoms with Crippen molar-refractivity contribution in [3.63, 3.8) is 0 Å². The Kier molecular flexibility index (Phi) is 9.39. The summed E-state index contributed by atoms with van der Waals surface area (Å²) in [6, 6.07) is 12.8. The van der Waals surface area contributed by atoms with E-state index in [9.17, 15) is 19.8 Å². The minimum atomic E-state index is -0.860. The third kappa shape index (κ3) is 6.10. The van der Waals surface area contributed by atoms with Gasteiger partial charge in [-0.1, -0.05) is 39.0 Å². The van der Waals surface area contributed by atoms with E-state index in [2.05, 4.69) is 31.6 Å². The fraction of sp³-hybridized carbons (Fsp3) is 0.588. The fourth-order valence-corrected chi connectivity index (χ4v) is 7.83. The molecular weight excluding hydrogens is 560 g/mol. The lowest BCUT2D eigenvalue weighted by atomic mass is 9.45. The van der Waals surface area contributed by atoms with Gasteiger partial charge < -0.3 is 20.4 Å². The van der Waals surface area contributed by atoms with Gasteiger partial charge in [0.05, 0.1) is 26.4 Å². The molecule has 3 aliphatic carbocycles. The summed E-state index contributed by atoms with van der Waals surface area (Å²) < 4.78 is 0. The lowest BCUT2D eigenvalue weighted by Gasteiger charge is -2.62. The van der Waals surface area contributed by atoms with Gasteiger partial charge in [0.2, 0.25) is 5.91 Å². The molecule has 1 aliphatic heterocycles. The van der Waals surface area contributed by atoms with Crippen molar-refractivity contribution in [3.05, 3.63) is 53.6 Å². The number of anilines is 1. The van der Waals surface area contributed by atoms with E-state index >= 15 is 0 Å². The van der Waals surface area contributed by atoms with Gasteiger partial charge in [0.15, 0.2) is 0 Å². The van der Waals surface area contributed by atoms with Crippen molar-refractivity contribution in [3.8, 4) is 11.1 Å². The predicted octanol–water partition coefficient (Wildman–Crippen LogP) is 3.37. The third-order valence-corrected chi connectivity index (χ3v) is 10.6. The Bertz CT molecular complexity index is 1360. The van der Waals surface area contributed by atoms with Crippen molar-refractivity contribution in [2.75, 3.05) is 32.7 Å². The van der Waals surface area contributed by atoms with Gasteiger partial charge in [0.1, 0.15) is 12.1 Å². The maximum atomic E-state index is 14.0. The molecule has 240 valence electrons. The second-order valence-corrected chi connectivity index (χ2v) is 13.7. The average molecular weight is 609 g/mol. The molecule has 2 aromatic rings. The standard InChI is InChI=1S/C34H48N4O6/c1-19-27-15-25(34(27,3)4)16-28(19)35-33(42)31-30(20(2)40)29(18-39)44-38(31)17-21-9-8-10-22(11-21)23-12-24(32(41)36-43-7)14-26(13-23)37(5)6/h8-14,19-20,25,27-31,39-40H,15-18H2,1-7H3,(H,35,42)(H,36,41)/t19-,20-,25+,27-,28-,29-,30+,31-/m0/s1. The van der Waals surface area contributed by atoms with Crippen LogP contribution in [0.3, 0.4) is 0 Å². The molecular formula is C34H48N4O6. The Morgan fingerprint density at radius 2 is 1.91 bits per heavy atom. The predicted molar refractivity (Wildman–Crippen MR) is 168 cm³/mol. The number of fused-ring (bicyclic) bond motifs is 2. The van der Waals surface area contributed by atoms with Crippen molar-refractivity contribution in [1.29, 1.82) is 0 Å². The van der Waals surface area contributed by atoms with Crippen molar-refractivity contribution in [2.24, 2.45) is 29.1 Å². The summed E-state index contributed by atoms with van der Waals surface area (Å²) in [5, 5.41) is 25.9. The van der Waals surface area contributed by atoms with E-state index in [1.54, 1.807) is 18.1 Å². The van der Waals surface area contributed by atoms with Crippen molar-refractivity contribution >= 4 is 17.5 Å². The summed E-state index contributed by atoms with van der Waals surface area (Å²) in [5.41, 5.74) is 6.63. The first kappa shape index (κ1) is 32.4. The molecule has 1 saturated heterocycles. The van der Waals surface area contributed by atoms with Gasteiger partial charge in [-0.25, -0.2) is 5.48 Å².